The molecule has 2 heterocycles. The van der Waals surface area contributed by atoms with E-state index in [-0.39, 0.29) is 12.0 Å². The van der Waals surface area contributed by atoms with Gasteiger partial charge in [-0.15, -0.1) is 11.3 Å². The van der Waals surface area contributed by atoms with Gasteiger partial charge in [0.2, 0.25) is 5.91 Å². The molecular weight excluding hydrogens is 278 g/mol. The van der Waals surface area contributed by atoms with E-state index in [0.717, 1.165) is 13.1 Å². The first-order valence-electron chi connectivity index (χ1n) is 6.57. The van der Waals surface area contributed by atoms with Crippen molar-refractivity contribution in [1.82, 2.24) is 4.90 Å². The number of anilines is 1. The number of amides is 2. The van der Waals surface area contributed by atoms with Gasteiger partial charge in [-0.1, -0.05) is 0 Å². The summed E-state index contributed by atoms with van der Waals surface area (Å²) in [4.78, 5) is 25.3. The Morgan fingerprint density at radius 3 is 3.10 bits per heavy atom. The molecule has 0 bridgehead atoms. The van der Waals surface area contributed by atoms with Crippen LogP contribution < -0.4 is 11.1 Å². The van der Waals surface area contributed by atoms with Crippen LogP contribution in [0.4, 0.5) is 5.00 Å². The Hall–Kier alpha value is -1.44. The third-order valence-electron chi connectivity index (χ3n) is 3.16. The summed E-state index contributed by atoms with van der Waals surface area (Å²) in [7, 11) is 0. The van der Waals surface area contributed by atoms with Crippen molar-refractivity contribution in [3.05, 3.63) is 17.0 Å². The van der Waals surface area contributed by atoms with Crippen molar-refractivity contribution in [2.45, 2.75) is 19.4 Å². The molecule has 7 heteroatoms. The van der Waals surface area contributed by atoms with Crippen LogP contribution in [0.2, 0.25) is 0 Å². The molecule has 0 aliphatic carbocycles. The largest absolute Gasteiger partial charge is 0.376 e. The van der Waals surface area contributed by atoms with Gasteiger partial charge in [0, 0.05) is 26.1 Å². The zero-order chi connectivity index (χ0) is 14.5. The fourth-order valence-electron chi connectivity index (χ4n) is 2.14. The second-order valence-corrected chi connectivity index (χ2v) is 5.72. The average Bonchev–Trinajstić information content (AvgIpc) is 2.85. The van der Waals surface area contributed by atoms with E-state index in [1.54, 1.807) is 11.4 Å². The van der Waals surface area contributed by atoms with Crippen molar-refractivity contribution >= 4 is 28.2 Å². The number of nitrogens with two attached hydrogens (primary N) is 1. The van der Waals surface area contributed by atoms with Crippen LogP contribution in [-0.4, -0.2) is 49.1 Å². The van der Waals surface area contributed by atoms with Crippen LogP contribution >= 0.6 is 11.3 Å². The number of nitrogens with zero attached hydrogens (tertiary/aromatic N) is 1. The molecule has 110 valence electrons. The first-order valence-corrected chi connectivity index (χ1v) is 7.45. The van der Waals surface area contributed by atoms with Crippen LogP contribution in [0.5, 0.6) is 0 Å². The summed E-state index contributed by atoms with van der Waals surface area (Å²) in [5, 5.41) is 5.00. The molecule has 1 aliphatic heterocycles. The normalized spacial score (nSPS) is 19.8. The van der Waals surface area contributed by atoms with Crippen LogP contribution in [0.1, 0.15) is 23.7 Å². The highest BCUT2D eigenvalue weighted by atomic mass is 32.1. The minimum absolute atomic E-state index is 0.103. The molecule has 1 unspecified atom stereocenters. The van der Waals surface area contributed by atoms with Gasteiger partial charge in [-0.05, 0) is 18.4 Å². The molecule has 1 aromatic heterocycles. The predicted octanol–water partition coefficient (Wildman–Crippen LogP) is 0.896. The van der Waals surface area contributed by atoms with E-state index >= 15 is 0 Å². The molecule has 0 radical (unpaired) electrons. The summed E-state index contributed by atoms with van der Waals surface area (Å²) >= 11 is 1.30. The van der Waals surface area contributed by atoms with E-state index in [9.17, 15) is 9.59 Å². The molecule has 20 heavy (non-hydrogen) atoms. The van der Waals surface area contributed by atoms with Gasteiger partial charge in [-0.3, -0.25) is 14.5 Å². The van der Waals surface area contributed by atoms with E-state index in [1.807, 2.05) is 6.92 Å². The van der Waals surface area contributed by atoms with Crippen molar-refractivity contribution in [2.24, 2.45) is 5.73 Å². The number of thiophene rings is 1. The van der Waals surface area contributed by atoms with E-state index in [1.165, 1.54) is 11.3 Å². The lowest BCUT2D eigenvalue weighted by Crippen LogP contribution is -2.42. The van der Waals surface area contributed by atoms with Crippen LogP contribution in [0, 0.1) is 0 Å². The predicted molar refractivity (Wildman–Crippen MR) is 77.9 cm³/mol. The lowest BCUT2D eigenvalue weighted by Gasteiger charge is -2.30. The standard InChI is InChI=1S/C13H19N3O3S/c1-9-8-16(5-6-19-9)4-2-11(17)15-13-10(12(14)18)3-7-20-13/h3,7,9H,2,4-6,8H2,1H3,(H2,14,18)(H,15,17). The lowest BCUT2D eigenvalue weighted by atomic mass is 10.2. The van der Waals surface area contributed by atoms with Gasteiger partial charge in [0.15, 0.2) is 0 Å². The van der Waals surface area contributed by atoms with Gasteiger partial charge < -0.3 is 15.8 Å². The molecule has 3 N–H and O–H groups in total. The number of rotatable bonds is 5. The topological polar surface area (TPSA) is 84.7 Å². The number of hydrogen-bond donors (Lipinski definition) is 2. The second-order valence-electron chi connectivity index (χ2n) is 4.81. The zero-order valence-corrected chi connectivity index (χ0v) is 12.2. The number of morpholine rings is 1. The lowest BCUT2D eigenvalue weighted by molar-refractivity contribution is -0.117. The van der Waals surface area contributed by atoms with Crippen LogP contribution in [0.15, 0.2) is 11.4 Å². The van der Waals surface area contributed by atoms with E-state index < -0.39 is 5.91 Å². The molecule has 1 fully saturated rings. The molecule has 2 rings (SSSR count). The maximum atomic E-state index is 11.9. The van der Waals surface area contributed by atoms with Gasteiger partial charge in [-0.2, -0.15) is 0 Å². The van der Waals surface area contributed by atoms with Crippen LogP contribution in [0.3, 0.4) is 0 Å². The molecule has 1 saturated heterocycles. The number of carbonyl (C=O) groups is 2. The average molecular weight is 297 g/mol. The molecule has 0 spiro atoms. The molecule has 0 saturated carbocycles. The molecule has 0 aromatic carbocycles. The Balaban J connectivity index is 1.80. The molecule has 1 aliphatic rings. The third-order valence-corrected chi connectivity index (χ3v) is 3.99. The fraction of sp³-hybridized carbons (Fsp3) is 0.538. The second kappa shape index (κ2) is 6.83. The molecule has 1 aromatic rings. The van der Waals surface area contributed by atoms with Gasteiger partial charge in [0.1, 0.15) is 5.00 Å². The Morgan fingerprint density at radius 1 is 1.60 bits per heavy atom. The number of carbonyl (C=O) groups excluding carboxylic acids is 2. The van der Waals surface area contributed by atoms with Crippen LogP contribution in [0.25, 0.3) is 0 Å². The maximum Gasteiger partial charge on any atom is 0.251 e. The molecule has 2 amide bonds. The van der Waals surface area contributed by atoms with Gasteiger partial charge in [-0.25, -0.2) is 0 Å². The van der Waals surface area contributed by atoms with Gasteiger partial charge >= 0.3 is 0 Å². The summed E-state index contributed by atoms with van der Waals surface area (Å²) in [5.41, 5.74) is 5.60. The van der Waals surface area contributed by atoms with E-state index in [4.69, 9.17) is 10.5 Å². The van der Waals surface area contributed by atoms with Crippen molar-refractivity contribution < 1.29 is 14.3 Å². The zero-order valence-electron chi connectivity index (χ0n) is 11.4. The third kappa shape index (κ3) is 4.03. The van der Waals surface area contributed by atoms with Crippen molar-refractivity contribution in [3.8, 4) is 0 Å². The summed E-state index contributed by atoms with van der Waals surface area (Å²) < 4.78 is 5.45. The first kappa shape index (κ1) is 15.0. The highest BCUT2D eigenvalue weighted by Gasteiger charge is 2.18. The maximum absolute atomic E-state index is 11.9. The number of ether oxygens (including phenoxy) is 1. The minimum atomic E-state index is -0.524. The van der Waals surface area contributed by atoms with Gasteiger partial charge in [0.05, 0.1) is 18.3 Å². The Kier molecular flexibility index (Phi) is 5.11. The summed E-state index contributed by atoms with van der Waals surface area (Å²) in [5.74, 6) is -0.627. The molecule has 6 nitrogen and oxygen atoms in total. The molecular formula is C13H19N3O3S. The Bertz CT molecular complexity index is 489. The Labute approximate surface area is 121 Å². The fourth-order valence-corrected chi connectivity index (χ4v) is 2.95. The summed E-state index contributed by atoms with van der Waals surface area (Å²) in [6, 6.07) is 1.62. The monoisotopic (exact) mass is 297 g/mol. The van der Waals surface area contributed by atoms with Gasteiger partial charge in [0.25, 0.3) is 5.91 Å². The van der Waals surface area contributed by atoms with E-state index in [0.29, 0.717) is 30.1 Å². The SMILES string of the molecule is CC1CN(CCC(=O)Nc2sccc2C(N)=O)CCO1. The Morgan fingerprint density at radius 2 is 2.40 bits per heavy atom. The van der Waals surface area contributed by atoms with Crippen molar-refractivity contribution in [3.63, 3.8) is 0 Å². The van der Waals surface area contributed by atoms with Crippen LogP contribution in [-0.2, 0) is 9.53 Å². The van der Waals surface area contributed by atoms with Crippen molar-refractivity contribution in [2.75, 3.05) is 31.6 Å². The summed E-state index contributed by atoms with van der Waals surface area (Å²) in [6.45, 7) is 5.12. The minimum Gasteiger partial charge on any atom is -0.376 e. The first-order chi connectivity index (χ1) is 9.56. The summed E-state index contributed by atoms with van der Waals surface area (Å²) in [6.07, 6.45) is 0.605. The van der Waals surface area contributed by atoms with E-state index in [2.05, 4.69) is 10.2 Å². The highest BCUT2D eigenvalue weighted by molar-refractivity contribution is 7.14. The van der Waals surface area contributed by atoms with Crippen molar-refractivity contribution in [1.29, 1.82) is 0 Å². The number of hydrogen-bond acceptors (Lipinski definition) is 5. The molecule has 1 atom stereocenters. The smallest absolute Gasteiger partial charge is 0.251 e. The number of primary amides is 1. The number of nitrogens with one attached hydrogen (secondary N) is 1. The quantitative estimate of drug-likeness (QED) is 0.845. The highest BCUT2D eigenvalue weighted by Crippen LogP contribution is 2.22.